The number of carbonyl (C=O) groups is 2. The number of halogens is 2. The van der Waals surface area contributed by atoms with Crippen molar-refractivity contribution in [3.8, 4) is 0 Å². The number of cyclic esters (lactones) is 1. The maximum absolute atomic E-state index is 17.4. The lowest BCUT2D eigenvalue weighted by molar-refractivity contribution is -0.222. The minimum atomic E-state index is -2.15. The van der Waals surface area contributed by atoms with E-state index >= 15 is 8.78 Å². The number of aliphatic hydroxyl groups excluding tert-OH is 1. The molecule has 11 atom stereocenters. The number of allylic oxidation sites excluding steroid dienone is 4. The van der Waals surface area contributed by atoms with Gasteiger partial charge in [0.1, 0.15) is 22.5 Å². The highest BCUT2D eigenvalue weighted by Crippen LogP contribution is 2.74. The standard InChI is InChI=1S/C27H34F2O6S/c1-4-5-22-34-21-12-15-16-11-18(28)17-10-14(30)6-8-24(17,2)26(16,29)20(31)13-25(15,3)27(21,35-22)36-19-7-9-33-23(19)32/h6,8,10,15-16,18-22,31H,4-5,7,9,11-13H2,1-3H3/t15-,16-,18-,19+,20-,21+,22?,24-,25-,26-,27-/m0/s1. The van der Waals surface area contributed by atoms with Crippen LogP contribution in [0.25, 0.3) is 0 Å². The number of aliphatic hydroxyl groups is 1. The van der Waals surface area contributed by atoms with Crippen LogP contribution in [0.1, 0.15) is 59.3 Å². The van der Waals surface area contributed by atoms with E-state index in [4.69, 9.17) is 14.2 Å². The van der Waals surface area contributed by atoms with Crippen LogP contribution in [0.2, 0.25) is 0 Å². The molecule has 0 aromatic heterocycles. The molecule has 2 heterocycles. The van der Waals surface area contributed by atoms with Crippen LogP contribution in [0.5, 0.6) is 0 Å². The Balaban J connectivity index is 1.43. The third-order valence-corrected chi connectivity index (χ3v) is 11.9. The molecule has 1 N–H and O–H groups in total. The van der Waals surface area contributed by atoms with E-state index in [-0.39, 0.29) is 36.1 Å². The summed E-state index contributed by atoms with van der Waals surface area (Å²) in [6.07, 6.45) is 2.69. The number of rotatable bonds is 4. The van der Waals surface area contributed by atoms with Crippen LogP contribution in [0.4, 0.5) is 8.78 Å². The van der Waals surface area contributed by atoms with Gasteiger partial charge in [0.15, 0.2) is 17.7 Å². The smallest absolute Gasteiger partial charge is 0.319 e. The van der Waals surface area contributed by atoms with Crippen molar-refractivity contribution < 1.29 is 37.7 Å². The highest BCUT2D eigenvalue weighted by Gasteiger charge is 2.79. The molecular formula is C27H34F2O6S. The molecule has 6 rings (SSSR count). The van der Waals surface area contributed by atoms with Crippen LogP contribution in [-0.4, -0.2) is 64.0 Å². The molecule has 198 valence electrons. The molecule has 0 radical (unpaired) electrons. The first-order valence-electron chi connectivity index (χ1n) is 13.1. The Labute approximate surface area is 214 Å². The average Bonchev–Trinajstić information content (AvgIpc) is 3.44. The summed E-state index contributed by atoms with van der Waals surface area (Å²) in [4.78, 5) is 23.6. The minimum absolute atomic E-state index is 0.0831. The van der Waals surface area contributed by atoms with Gasteiger partial charge in [0.05, 0.1) is 12.7 Å². The van der Waals surface area contributed by atoms with Crippen molar-refractivity contribution in [2.75, 3.05) is 6.61 Å². The third-order valence-electron chi connectivity index (χ3n) is 10.1. The van der Waals surface area contributed by atoms with Gasteiger partial charge in [-0.2, -0.15) is 0 Å². The Bertz CT molecular complexity index is 1050. The van der Waals surface area contributed by atoms with Gasteiger partial charge in [-0.25, -0.2) is 8.78 Å². The summed E-state index contributed by atoms with van der Waals surface area (Å²) in [6.45, 7) is 5.98. The largest absolute Gasteiger partial charge is 0.465 e. The predicted molar refractivity (Wildman–Crippen MR) is 128 cm³/mol. The molecule has 0 amide bonds. The number of ketones is 1. The SMILES string of the molecule is CCCC1O[C@@H]2C[C@H]3[C@@H]4C[C@H](F)C5=CC(=O)C=C[C@]5(C)[C@@]4(F)[C@@H](O)C[C@]3(C)[C@]2(S[C@@H]2CCOC2=O)O1. The molecular weight excluding hydrogens is 490 g/mol. The van der Waals surface area contributed by atoms with Gasteiger partial charge in [-0.3, -0.25) is 9.59 Å². The van der Waals surface area contributed by atoms with Crippen LogP contribution >= 0.6 is 11.8 Å². The fourth-order valence-electron chi connectivity index (χ4n) is 8.30. The number of hydrogen-bond donors (Lipinski definition) is 1. The van der Waals surface area contributed by atoms with Crippen molar-refractivity contribution in [1.29, 1.82) is 0 Å². The summed E-state index contributed by atoms with van der Waals surface area (Å²) < 4.78 is 51.4. The van der Waals surface area contributed by atoms with Crippen molar-refractivity contribution >= 4 is 23.5 Å². The molecule has 9 heteroatoms. The first kappa shape index (κ1) is 25.0. The number of thioether (sulfide) groups is 1. The lowest BCUT2D eigenvalue weighted by Gasteiger charge is -2.63. The number of hydrogen-bond acceptors (Lipinski definition) is 7. The molecule has 0 spiro atoms. The molecule has 1 unspecified atom stereocenters. The zero-order chi connectivity index (χ0) is 25.7. The first-order chi connectivity index (χ1) is 17.0. The Hall–Kier alpha value is -1.29. The third kappa shape index (κ3) is 3.00. The van der Waals surface area contributed by atoms with E-state index in [0.717, 1.165) is 6.42 Å². The second-order valence-electron chi connectivity index (χ2n) is 11.8. The zero-order valence-electron chi connectivity index (χ0n) is 20.9. The summed E-state index contributed by atoms with van der Waals surface area (Å²) >= 11 is 1.40. The summed E-state index contributed by atoms with van der Waals surface area (Å²) in [6, 6.07) is 0. The fraction of sp³-hybridized carbons (Fsp3) is 0.778. The second kappa shape index (κ2) is 8.10. The topological polar surface area (TPSA) is 82.1 Å². The summed E-state index contributed by atoms with van der Waals surface area (Å²) in [5.74, 6) is -1.80. The summed E-state index contributed by atoms with van der Waals surface area (Å²) in [7, 11) is 0. The maximum atomic E-state index is 17.4. The first-order valence-corrected chi connectivity index (χ1v) is 14.0. The maximum Gasteiger partial charge on any atom is 0.319 e. The van der Waals surface area contributed by atoms with Crippen LogP contribution in [0.3, 0.4) is 0 Å². The molecule has 4 aliphatic carbocycles. The second-order valence-corrected chi connectivity index (χ2v) is 13.2. The van der Waals surface area contributed by atoms with E-state index < -0.39 is 57.3 Å². The molecule has 6 nitrogen and oxygen atoms in total. The predicted octanol–water partition coefficient (Wildman–Crippen LogP) is 4.20. The molecule has 5 fully saturated rings. The lowest BCUT2D eigenvalue weighted by atomic mass is 9.45. The van der Waals surface area contributed by atoms with Gasteiger partial charge in [0.2, 0.25) is 0 Å². The molecule has 2 saturated heterocycles. The average molecular weight is 525 g/mol. The van der Waals surface area contributed by atoms with Crippen LogP contribution in [0.15, 0.2) is 23.8 Å². The number of esters is 1. The Morgan fingerprint density at radius 1 is 1.22 bits per heavy atom. The fourth-order valence-corrected chi connectivity index (χ4v) is 10.1. The number of carbonyl (C=O) groups excluding carboxylic acids is 2. The molecule has 0 bridgehead atoms. The Kier molecular flexibility index (Phi) is 5.63. The van der Waals surface area contributed by atoms with E-state index in [2.05, 4.69) is 0 Å². The molecule has 0 aromatic carbocycles. The Morgan fingerprint density at radius 2 is 2.00 bits per heavy atom. The number of fused-ring (bicyclic) bond motifs is 7. The minimum Gasteiger partial charge on any atom is -0.465 e. The van der Waals surface area contributed by atoms with Crippen molar-refractivity contribution in [1.82, 2.24) is 0 Å². The van der Waals surface area contributed by atoms with Crippen LogP contribution < -0.4 is 0 Å². The van der Waals surface area contributed by atoms with Gasteiger partial charge in [-0.15, -0.1) is 11.8 Å². The Morgan fingerprint density at radius 3 is 2.69 bits per heavy atom. The lowest BCUT2D eigenvalue weighted by Crippen LogP contribution is -2.69. The zero-order valence-corrected chi connectivity index (χ0v) is 21.7. The molecule has 6 aliphatic rings. The van der Waals surface area contributed by atoms with Gasteiger partial charge in [-0.05, 0) is 56.3 Å². The van der Waals surface area contributed by atoms with Crippen LogP contribution in [-0.2, 0) is 23.8 Å². The van der Waals surface area contributed by atoms with Gasteiger partial charge >= 0.3 is 5.97 Å². The van der Waals surface area contributed by atoms with Gasteiger partial charge in [-0.1, -0.05) is 26.3 Å². The van der Waals surface area contributed by atoms with E-state index in [0.29, 0.717) is 25.9 Å². The van der Waals surface area contributed by atoms with Crippen molar-refractivity contribution in [3.05, 3.63) is 23.8 Å². The number of ether oxygens (including phenoxy) is 3. The van der Waals surface area contributed by atoms with E-state index in [1.54, 1.807) is 6.92 Å². The highest BCUT2D eigenvalue weighted by molar-refractivity contribution is 8.01. The molecule has 3 saturated carbocycles. The van der Waals surface area contributed by atoms with Gasteiger partial charge in [0, 0.05) is 23.2 Å². The van der Waals surface area contributed by atoms with Gasteiger partial charge < -0.3 is 19.3 Å². The van der Waals surface area contributed by atoms with E-state index in [9.17, 15) is 14.7 Å². The summed E-state index contributed by atoms with van der Waals surface area (Å²) in [5, 5.41) is 11.2. The van der Waals surface area contributed by atoms with Crippen molar-refractivity contribution in [3.63, 3.8) is 0 Å². The quantitative estimate of drug-likeness (QED) is 0.552. The summed E-state index contributed by atoms with van der Waals surface area (Å²) in [5.41, 5.74) is -4.23. The molecule has 2 aliphatic heterocycles. The van der Waals surface area contributed by atoms with Crippen molar-refractivity contribution in [2.45, 2.75) is 99.8 Å². The number of alkyl halides is 2. The van der Waals surface area contributed by atoms with Gasteiger partial charge in [0.25, 0.3) is 0 Å². The van der Waals surface area contributed by atoms with E-state index in [1.165, 1.54) is 30.0 Å². The van der Waals surface area contributed by atoms with Crippen molar-refractivity contribution in [2.24, 2.45) is 22.7 Å². The van der Waals surface area contributed by atoms with Crippen LogP contribution in [0, 0.1) is 22.7 Å². The highest BCUT2D eigenvalue weighted by atomic mass is 32.2. The molecule has 36 heavy (non-hydrogen) atoms. The normalized spacial score (nSPS) is 53.4. The molecule has 0 aromatic rings. The van der Waals surface area contributed by atoms with E-state index in [1.807, 2.05) is 13.8 Å². The monoisotopic (exact) mass is 524 g/mol.